The molecule has 1 saturated heterocycles. The van der Waals surface area contributed by atoms with Gasteiger partial charge in [0, 0.05) is 19.5 Å². The van der Waals surface area contributed by atoms with Crippen LogP contribution in [0.3, 0.4) is 0 Å². The second kappa shape index (κ2) is 6.91. The highest BCUT2D eigenvalue weighted by Crippen LogP contribution is 2.43. The summed E-state index contributed by atoms with van der Waals surface area (Å²) in [5.41, 5.74) is 0.194. The average molecular weight is 333 g/mol. The van der Waals surface area contributed by atoms with Crippen LogP contribution in [0.15, 0.2) is 24.3 Å². The number of aliphatic carboxylic acids is 1. The number of amides is 1. The number of halogens is 1. The first-order chi connectivity index (χ1) is 11.5. The van der Waals surface area contributed by atoms with Crippen molar-refractivity contribution >= 4 is 11.9 Å². The van der Waals surface area contributed by atoms with Crippen LogP contribution in [0.5, 0.6) is 0 Å². The smallest absolute Gasteiger partial charge is 0.303 e. The molecule has 24 heavy (non-hydrogen) atoms. The van der Waals surface area contributed by atoms with Gasteiger partial charge in [0.15, 0.2) is 0 Å². The Kier molecular flexibility index (Phi) is 4.88. The lowest BCUT2D eigenvalue weighted by Crippen LogP contribution is -2.48. The summed E-state index contributed by atoms with van der Waals surface area (Å²) in [6.07, 6.45) is 5.15. The van der Waals surface area contributed by atoms with Gasteiger partial charge in [0.05, 0.1) is 5.41 Å². The van der Waals surface area contributed by atoms with Crippen LogP contribution in [0.4, 0.5) is 4.39 Å². The first kappa shape index (κ1) is 16.9. The second-order valence-corrected chi connectivity index (χ2v) is 7.13. The zero-order chi connectivity index (χ0) is 17.2. The van der Waals surface area contributed by atoms with Crippen LogP contribution in [-0.2, 0) is 15.0 Å². The van der Waals surface area contributed by atoms with Crippen LogP contribution in [0.2, 0.25) is 0 Å². The molecule has 2 fully saturated rings. The number of carbonyl (C=O) groups is 2. The van der Waals surface area contributed by atoms with Crippen molar-refractivity contribution in [1.82, 2.24) is 4.90 Å². The molecule has 1 aromatic rings. The number of carboxylic acids is 1. The molecule has 1 aliphatic carbocycles. The van der Waals surface area contributed by atoms with Crippen LogP contribution in [0.1, 0.15) is 50.5 Å². The van der Waals surface area contributed by atoms with E-state index in [1.807, 2.05) is 11.0 Å². The molecule has 1 saturated carbocycles. The van der Waals surface area contributed by atoms with Crippen molar-refractivity contribution in [2.75, 3.05) is 13.1 Å². The van der Waals surface area contributed by atoms with Crippen LogP contribution >= 0.6 is 0 Å². The molecule has 0 bridgehead atoms. The molecule has 3 rings (SSSR count). The quantitative estimate of drug-likeness (QED) is 0.919. The maximum absolute atomic E-state index is 13.7. The van der Waals surface area contributed by atoms with E-state index in [2.05, 4.69) is 0 Å². The van der Waals surface area contributed by atoms with Crippen molar-refractivity contribution in [2.24, 2.45) is 5.92 Å². The van der Waals surface area contributed by atoms with Gasteiger partial charge in [-0.1, -0.05) is 25.0 Å². The number of rotatable bonds is 4. The molecule has 0 aromatic heterocycles. The largest absolute Gasteiger partial charge is 0.481 e. The SMILES string of the molecule is O=C(O)CC1CCN(C(=O)C2(c3cccc(F)c3)CCCC2)CC1. The summed E-state index contributed by atoms with van der Waals surface area (Å²) in [6, 6.07) is 6.45. The van der Waals surface area contributed by atoms with Gasteiger partial charge < -0.3 is 10.0 Å². The minimum atomic E-state index is -0.771. The minimum absolute atomic E-state index is 0.0966. The standard InChI is InChI=1S/C19H24FNO3/c20-16-5-3-4-15(13-16)19(8-1-2-9-19)18(24)21-10-6-14(7-11-21)12-17(22)23/h3-5,13-14H,1-2,6-12H2,(H,22,23). The summed E-state index contributed by atoms with van der Waals surface area (Å²) in [6.45, 7) is 1.21. The molecule has 1 N–H and O–H groups in total. The molecule has 0 atom stereocenters. The normalized spacial score (nSPS) is 21.0. The number of carboxylic acid groups (broad SMARTS) is 1. The third-order valence-corrected chi connectivity index (χ3v) is 5.61. The summed E-state index contributed by atoms with van der Waals surface area (Å²) in [4.78, 5) is 26.0. The van der Waals surface area contributed by atoms with E-state index in [4.69, 9.17) is 5.11 Å². The van der Waals surface area contributed by atoms with E-state index in [0.29, 0.717) is 13.1 Å². The molecular weight excluding hydrogens is 309 g/mol. The van der Waals surface area contributed by atoms with E-state index in [-0.39, 0.29) is 24.1 Å². The van der Waals surface area contributed by atoms with Crippen molar-refractivity contribution in [2.45, 2.75) is 50.4 Å². The zero-order valence-electron chi connectivity index (χ0n) is 13.8. The van der Waals surface area contributed by atoms with Crippen LogP contribution < -0.4 is 0 Å². The maximum atomic E-state index is 13.7. The molecule has 0 spiro atoms. The number of hydrogen-bond donors (Lipinski definition) is 1. The molecule has 1 aliphatic heterocycles. The molecule has 0 unspecified atom stereocenters. The van der Waals surface area contributed by atoms with E-state index in [1.54, 1.807) is 6.07 Å². The van der Waals surface area contributed by atoms with Gasteiger partial charge >= 0.3 is 5.97 Å². The molecule has 5 heteroatoms. The summed E-state index contributed by atoms with van der Waals surface area (Å²) < 4.78 is 13.7. The fourth-order valence-corrected chi connectivity index (χ4v) is 4.28. The Morgan fingerprint density at radius 2 is 1.88 bits per heavy atom. The van der Waals surface area contributed by atoms with Crippen molar-refractivity contribution < 1.29 is 19.1 Å². The van der Waals surface area contributed by atoms with Gasteiger partial charge in [-0.3, -0.25) is 9.59 Å². The predicted molar refractivity (Wildman–Crippen MR) is 88.1 cm³/mol. The second-order valence-electron chi connectivity index (χ2n) is 7.13. The van der Waals surface area contributed by atoms with Gasteiger partial charge in [-0.05, 0) is 49.3 Å². The number of benzene rings is 1. The van der Waals surface area contributed by atoms with E-state index in [9.17, 15) is 14.0 Å². The molecule has 1 aromatic carbocycles. The third kappa shape index (κ3) is 3.30. The first-order valence-corrected chi connectivity index (χ1v) is 8.78. The van der Waals surface area contributed by atoms with Gasteiger partial charge in [0.1, 0.15) is 5.82 Å². The highest BCUT2D eigenvalue weighted by molar-refractivity contribution is 5.88. The lowest BCUT2D eigenvalue weighted by atomic mass is 9.77. The van der Waals surface area contributed by atoms with Crippen LogP contribution in [0.25, 0.3) is 0 Å². The first-order valence-electron chi connectivity index (χ1n) is 8.78. The molecular formula is C19H24FNO3. The van der Waals surface area contributed by atoms with Crippen LogP contribution in [-0.4, -0.2) is 35.0 Å². The number of hydrogen-bond acceptors (Lipinski definition) is 2. The van der Waals surface area contributed by atoms with Crippen molar-refractivity contribution in [3.63, 3.8) is 0 Å². The van der Waals surface area contributed by atoms with E-state index in [0.717, 1.165) is 44.1 Å². The Balaban J connectivity index is 1.75. The lowest BCUT2D eigenvalue weighted by Gasteiger charge is -2.38. The fraction of sp³-hybridized carbons (Fsp3) is 0.579. The summed E-state index contributed by atoms with van der Waals surface area (Å²) in [5.74, 6) is -0.821. The van der Waals surface area contributed by atoms with Crippen molar-refractivity contribution in [1.29, 1.82) is 0 Å². The van der Waals surface area contributed by atoms with Gasteiger partial charge in [-0.25, -0.2) is 4.39 Å². The average Bonchev–Trinajstić information content (AvgIpc) is 3.05. The summed E-state index contributed by atoms with van der Waals surface area (Å²) in [5, 5.41) is 8.91. The predicted octanol–water partition coefficient (Wildman–Crippen LogP) is 3.35. The Hall–Kier alpha value is -1.91. The number of likely N-dealkylation sites (tertiary alicyclic amines) is 1. The summed E-state index contributed by atoms with van der Waals surface area (Å²) >= 11 is 0. The third-order valence-electron chi connectivity index (χ3n) is 5.61. The Morgan fingerprint density at radius 3 is 2.46 bits per heavy atom. The van der Waals surface area contributed by atoms with Crippen LogP contribution in [0, 0.1) is 11.7 Å². The molecule has 2 aliphatic rings. The number of nitrogens with zero attached hydrogens (tertiary/aromatic N) is 1. The highest BCUT2D eigenvalue weighted by Gasteiger charge is 2.45. The lowest BCUT2D eigenvalue weighted by molar-refractivity contribution is -0.140. The molecule has 1 heterocycles. The van der Waals surface area contributed by atoms with Gasteiger partial charge in [-0.2, -0.15) is 0 Å². The topological polar surface area (TPSA) is 57.6 Å². The van der Waals surface area contributed by atoms with E-state index in [1.165, 1.54) is 12.1 Å². The molecule has 130 valence electrons. The minimum Gasteiger partial charge on any atom is -0.481 e. The Morgan fingerprint density at radius 1 is 1.21 bits per heavy atom. The number of piperidine rings is 1. The monoisotopic (exact) mass is 333 g/mol. The Bertz CT molecular complexity index is 617. The fourth-order valence-electron chi connectivity index (χ4n) is 4.28. The maximum Gasteiger partial charge on any atom is 0.303 e. The van der Waals surface area contributed by atoms with Gasteiger partial charge in [0.25, 0.3) is 0 Å². The highest BCUT2D eigenvalue weighted by atomic mass is 19.1. The molecule has 4 nitrogen and oxygen atoms in total. The van der Waals surface area contributed by atoms with Gasteiger partial charge in [0.2, 0.25) is 5.91 Å². The molecule has 0 radical (unpaired) electrons. The van der Waals surface area contributed by atoms with E-state index < -0.39 is 11.4 Å². The van der Waals surface area contributed by atoms with Gasteiger partial charge in [-0.15, -0.1) is 0 Å². The zero-order valence-corrected chi connectivity index (χ0v) is 13.8. The summed E-state index contributed by atoms with van der Waals surface area (Å²) in [7, 11) is 0. The molecule has 1 amide bonds. The van der Waals surface area contributed by atoms with Crippen molar-refractivity contribution in [3.05, 3.63) is 35.6 Å². The van der Waals surface area contributed by atoms with Crippen molar-refractivity contribution in [3.8, 4) is 0 Å². The Labute approximate surface area is 141 Å². The van der Waals surface area contributed by atoms with E-state index >= 15 is 0 Å². The number of carbonyl (C=O) groups excluding carboxylic acids is 1.